The van der Waals surface area contributed by atoms with Crippen molar-refractivity contribution in [3.63, 3.8) is 0 Å². The van der Waals surface area contributed by atoms with Crippen molar-refractivity contribution in [3.05, 3.63) is 18.0 Å². The molecule has 0 aliphatic carbocycles. The zero-order chi connectivity index (χ0) is 9.80. The molecule has 1 aliphatic rings. The van der Waals surface area contributed by atoms with E-state index in [1.54, 1.807) is 0 Å². The monoisotopic (exact) mass is 193 g/mol. The Hall–Kier alpha value is -0.830. The summed E-state index contributed by atoms with van der Waals surface area (Å²) in [6.07, 6.45) is 8.03. The van der Waals surface area contributed by atoms with Gasteiger partial charge in [-0.1, -0.05) is 0 Å². The van der Waals surface area contributed by atoms with Gasteiger partial charge in [-0.2, -0.15) is 5.10 Å². The largest absolute Gasteiger partial charge is 0.316 e. The first-order valence-corrected chi connectivity index (χ1v) is 5.54. The first-order chi connectivity index (χ1) is 6.84. The van der Waals surface area contributed by atoms with E-state index in [-0.39, 0.29) is 0 Å². The number of hydrogen-bond acceptors (Lipinski definition) is 2. The fraction of sp³-hybridized carbons (Fsp3) is 0.727. The maximum absolute atomic E-state index is 4.30. The molecule has 3 nitrogen and oxygen atoms in total. The van der Waals surface area contributed by atoms with Crippen molar-refractivity contribution < 1.29 is 0 Å². The number of piperidine rings is 1. The van der Waals surface area contributed by atoms with E-state index in [4.69, 9.17) is 0 Å². The summed E-state index contributed by atoms with van der Waals surface area (Å²) in [5.74, 6) is 0.855. The predicted molar refractivity (Wildman–Crippen MR) is 57.2 cm³/mol. The fourth-order valence-corrected chi connectivity index (χ4v) is 2.07. The molecular weight excluding hydrogens is 174 g/mol. The standard InChI is InChI=1S/C11H19N3/c1-10-7-13-14(9-10)6-4-11-3-2-5-12-8-11/h7,9,11-12H,2-6,8H2,1H3. The Bertz CT molecular complexity index is 274. The molecule has 0 spiro atoms. The highest BCUT2D eigenvalue weighted by Crippen LogP contribution is 2.14. The molecule has 1 aromatic rings. The van der Waals surface area contributed by atoms with Crippen LogP contribution in [0.2, 0.25) is 0 Å². The van der Waals surface area contributed by atoms with Gasteiger partial charge in [0.05, 0.1) is 6.20 Å². The number of hydrogen-bond donors (Lipinski definition) is 1. The highest BCUT2D eigenvalue weighted by atomic mass is 15.3. The number of rotatable bonds is 3. The maximum atomic E-state index is 4.30. The van der Waals surface area contributed by atoms with E-state index in [0.717, 1.165) is 12.5 Å². The Morgan fingerprint density at radius 3 is 3.21 bits per heavy atom. The van der Waals surface area contributed by atoms with E-state index >= 15 is 0 Å². The van der Waals surface area contributed by atoms with Gasteiger partial charge >= 0.3 is 0 Å². The van der Waals surface area contributed by atoms with Gasteiger partial charge < -0.3 is 5.32 Å². The molecule has 1 fully saturated rings. The zero-order valence-electron chi connectivity index (χ0n) is 8.87. The van der Waals surface area contributed by atoms with E-state index in [1.807, 2.05) is 6.20 Å². The van der Waals surface area contributed by atoms with Crippen molar-refractivity contribution >= 4 is 0 Å². The molecule has 1 aromatic heterocycles. The van der Waals surface area contributed by atoms with Crippen LogP contribution in [0, 0.1) is 12.8 Å². The Kier molecular flexibility index (Phi) is 3.19. The molecule has 0 aromatic carbocycles. The molecule has 2 rings (SSSR count). The van der Waals surface area contributed by atoms with Crippen LogP contribution >= 0.6 is 0 Å². The van der Waals surface area contributed by atoms with Crippen LogP contribution in [-0.4, -0.2) is 22.9 Å². The van der Waals surface area contributed by atoms with Crippen LogP contribution in [0.4, 0.5) is 0 Å². The summed E-state index contributed by atoms with van der Waals surface area (Å²) in [6.45, 7) is 5.56. The topological polar surface area (TPSA) is 29.9 Å². The molecule has 1 N–H and O–H groups in total. The normalized spacial score (nSPS) is 22.5. The van der Waals surface area contributed by atoms with Crippen LogP contribution in [0.5, 0.6) is 0 Å². The third-order valence-corrected chi connectivity index (χ3v) is 2.93. The average Bonchev–Trinajstić information content (AvgIpc) is 2.63. The van der Waals surface area contributed by atoms with Crippen molar-refractivity contribution in [2.24, 2.45) is 5.92 Å². The molecule has 0 bridgehead atoms. The summed E-state index contributed by atoms with van der Waals surface area (Å²) in [5, 5.41) is 7.74. The van der Waals surface area contributed by atoms with Gasteiger partial charge in [0.25, 0.3) is 0 Å². The maximum Gasteiger partial charge on any atom is 0.0518 e. The summed E-state index contributed by atoms with van der Waals surface area (Å²) in [5.41, 5.74) is 1.26. The Labute approximate surface area is 85.5 Å². The van der Waals surface area contributed by atoms with Crippen molar-refractivity contribution in [2.45, 2.75) is 32.7 Å². The Balaban J connectivity index is 1.76. The molecule has 0 saturated carbocycles. The molecule has 1 atom stereocenters. The molecule has 1 aliphatic heterocycles. The second-order valence-electron chi connectivity index (χ2n) is 4.28. The van der Waals surface area contributed by atoms with Crippen LogP contribution in [0.15, 0.2) is 12.4 Å². The summed E-state index contributed by atoms with van der Waals surface area (Å²) >= 11 is 0. The van der Waals surface area contributed by atoms with Gasteiger partial charge in [-0.05, 0) is 50.8 Å². The van der Waals surface area contributed by atoms with E-state index in [9.17, 15) is 0 Å². The quantitative estimate of drug-likeness (QED) is 0.790. The van der Waals surface area contributed by atoms with Crippen molar-refractivity contribution in [1.29, 1.82) is 0 Å². The lowest BCUT2D eigenvalue weighted by Gasteiger charge is -2.22. The Morgan fingerprint density at radius 2 is 2.57 bits per heavy atom. The van der Waals surface area contributed by atoms with Gasteiger partial charge in [-0.15, -0.1) is 0 Å². The molecule has 78 valence electrons. The summed E-state index contributed by atoms with van der Waals surface area (Å²) in [4.78, 5) is 0. The van der Waals surface area contributed by atoms with Crippen LogP contribution in [0.3, 0.4) is 0 Å². The fourth-order valence-electron chi connectivity index (χ4n) is 2.07. The number of aromatic nitrogens is 2. The minimum Gasteiger partial charge on any atom is -0.316 e. The van der Waals surface area contributed by atoms with Gasteiger partial charge in [-0.25, -0.2) is 0 Å². The van der Waals surface area contributed by atoms with Gasteiger partial charge in [0.2, 0.25) is 0 Å². The SMILES string of the molecule is Cc1cnn(CCC2CCCNC2)c1. The predicted octanol–water partition coefficient (Wildman–Crippen LogP) is 1.58. The smallest absolute Gasteiger partial charge is 0.0518 e. The molecular formula is C11H19N3. The minimum atomic E-state index is 0.855. The van der Waals surface area contributed by atoms with Crippen molar-refractivity contribution in [3.8, 4) is 0 Å². The van der Waals surface area contributed by atoms with E-state index < -0.39 is 0 Å². The van der Waals surface area contributed by atoms with Gasteiger partial charge in [0.1, 0.15) is 0 Å². The summed E-state index contributed by atoms with van der Waals surface area (Å²) in [6, 6.07) is 0. The van der Waals surface area contributed by atoms with Gasteiger partial charge in [0.15, 0.2) is 0 Å². The zero-order valence-corrected chi connectivity index (χ0v) is 8.87. The van der Waals surface area contributed by atoms with Gasteiger partial charge in [-0.3, -0.25) is 4.68 Å². The first-order valence-electron chi connectivity index (χ1n) is 5.54. The van der Waals surface area contributed by atoms with Crippen LogP contribution in [0.1, 0.15) is 24.8 Å². The summed E-state index contributed by atoms with van der Waals surface area (Å²) in [7, 11) is 0. The highest BCUT2D eigenvalue weighted by molar-refractivity contribution is 4.99. The second-order valence-corrected chi connectivity index (χ2v) is 4.28. The van der Waals surface area contributed by atoms with Crippen LogP contribution in [0.25, 0.3) is 0 Å². The number of nitrogens with zero attached hydrogens (tertiary/aromatic N) is 2. The lowest BCUT2D eigenvalue weighted by atomic mass is 9.96. The average molecular weight is 193 g/mol. The first kappa shape index (κ1) is 9.71. The summed E-state index contributed by atoms with van der Waals surface area (Å²) < 4.78 is 2.06. The third kappa shape index (κ3) is 2.58. The van der Waals surface area contributed by atoms with Crippen molar-refractivity contribution in [2.75, 3.05) is 13.1 Å². The minimum absolute atomic E-state index is 0.855. The van der Waals surface area contributed by atoms with E-state index in [0.29, 0.717) is 0 Å². The lowest BCUT2D eigenvalue weighted by molar-refractivity contribution is 0.336. The van der Waals surface area contributed by atoms with E-state index in [1.165, 1.54) is 37.9 Å². The molecule has 14 heavy (non-hydrogen) atoms. The lowest BCUT2D eigenvalue weighted by Crippen LogP contribution is -2.30. The van der Waals surface area contributed by atoms with Crippen molar-refractivity contribution in [1.82, 2.24) is 15.1 Å². The number of nitrogens with one attached hydrogen (secondary N) is 1. The van der Waals surface area contributed by atoms with E-state index in [2.05, 4.69) is 28.2 Å². The molecule has 0 amide bonds. The highest BCUT2D eigenvalue weighted by Gasteiger charge is 2.12. The van der Waals surface area contributed by atoms with Gasteiger partial charge in [0, 0.05) is 12.7 Å². The number of aryl methyl sites for hydroxylation is 2. The third-order valence-electron chi connectivity index (χ3n) is 2.93. The molecule has 1 saturated heterocycles. The van der Waals surface area contributed by atoms with Crippen LogP contribution in [-0.2, 0) is 6.54 Å². The molecule has 2 heterocycles. The second kappa shape index (κ2) is 4.60. The molecule has 3 heteroatoms. The van der Waals surface area contributed by atoms with Crippen LogP contribution < -0.4 is 5.32 Å². The Morgan fingerprint density at radius 1 is 1.64 bits per heavy atom. The molecule has 1 unspecified atom stereocenters. The molecule has 0 radical (unpaired) electrons.